The lowest BCUT2D eigenvalue weighted by Gasteiger charge is -2.21. The number of nitrogens with two attached hydrogens (primary N) is 1. The quantitative estimate of drug-likeness (QED) is 0.472. The number of benzene rings is 2. The number of carbonyl (C=O) groups excluding carboxylic acids is 2. The average molecular weight is 447 g/mol. The van der Waals surface area contributed by atoms with Crippen LogP contribution in [0, 0.1) is 12.8 Å². The highest BCUT2D eigenvalue weighted by atomic mass is 32.2. The second-order valence-electron chi connectivity index (χ2n) is 7.99. The number of hydrogen-bond donors (Lipinski definition) is 4. The van der Waals surface area contributed by atoms with Gasteiger partial charge in [0.05, 0.1) is 5.75 Å². The summed E-state index contributed by atoms with van der Waals surface area (Å²) < 4.78 is 22.6. The summed E-state index contributed by atoms with van der Waals surface area (Å²) in [5.41, 5.74) is 2.98. The van der Waals surface area contributed by atoms with Crippen molar-refractivity contribution in [3.8, 4) is 0 Å². The highest BCUT2D eigenvalue weighted by Gasteiger charge is 2.22. The summed E-state index contributed by atoms with van der Waals surface area (Å²) in [6, 6.07) is 13.1. The Balaban J connectivity index is 2.00. The molecule has 0 saturated heterocycles. The fourth-order valence-corrected chi connectivity index (χ4v) is 3.65. The summed E-state index contributed by atoms with van der Waals surface area (Å²) in [6.07, 6.45) is 0.445. The van der Waals surface area contributed by atoms with Crippen LogP contribution in [0.5, 0.6) is 0 Å². The topological polar surface area (TPSA) is 130 Å². The van der Waals surface area contributed by atoms with Crippen LogP contribution < -0.4 is 21.1 Å². The van der Waals surface area contributed by atoms with Crippen molar-refractivity contribution in [3.63, 3.8) is 0 Å². The Hall–Kier alpha value is -2.91. The Morgan fingerprint density at radius 1 is 1.03 bits per heavy atom. The van der Waals surface area contributed by atoms with Crippen LogP contribution in [0.1, 0.15) is 37.0 Å². The van der Waals surface area contributed by atoms with E-state index in [1.165, 1.54) is 0 Å². The second-order valence-corrected chi connectivity index (χ2v) is 9.61. The van der Waals surface area contributed by atoms with E-state index in [-0.39, 0.29) is 17.6 Å². The van der Waals surface area contributed by atoms with Gasteiger partial charge in [-0.2, -0.15) is 0 Å². The number of hydrogen-bond acceptors (Lipinski definition) is 4. The molecule has 0 aliphatic carbocycles. The van der Waals surface area contributed by atoms with Gasteiger partial charge in [-0.15, -0.1) is 0 Å². The maximum Gasteiger partial charge on any atom is 0.315 e. The smallest absolute Gasteiger partial charge is 0.315 e. The Morgan fingerprint density at radius 2 is 1.71 bits per heavy atom. The summed E-state index contributed by atoms with van der Waals surface area (Å²) in [6.45, 7) is 6.25. The van der Waals surface area contributed by atoms with Gasteiger partial charge < -0.3 is 16.0 Å². The lowest BCUT2D eigenvalue weighted by Crippen LogP contribution is -2.48. The van der Waals surface area contributed by atoms with E-state index in [0.717, 1.165) is 11.1 Å². The molecule has 0 fully saturated rings. The van der Waals surface area contributed by atoms with Crippen LogP contribution in [0.15, 0.2) is 48.5 Å². The molecule has 8 nitrogen and oxygen atoms in total. The minimum Gasteiger partial charge on any atom is -0.334 e. The van der Waals surface area contributed by atoms with E-state index >= 15 is 0 Å². The molecular weight excluding hydrogens is 416 g/mol. The Labute approximate surface area is 183 Å². The zero-order valence-electron chi connectivity index (χ0n) is 18.0. The van der Waals surface area contributed by atoms with E-state index < -0.39 is 22.1 Å². The first-order chi connectivity index (χ1) is 14.5. The molecule has 168 valence electrons. The number of anilines is 1. The van der Waals surface area contributed by atoms with Gasteiger partial charge in [0.2, 0.25) is 15.9 Å². The van der Waals surface area contributed by atoms with Crippen molar-refractivity contribution >= 4 is 27.6 Å². The van der Waals surface area contributed by atoms with Crippen LogP contribution in [0.25, 0.3) is 0 Å². The van der Waals surface area contributed by atoms with Crippen molar-refractivity contribution in [2.24, 2.45) is 11.1 Å². The van der Waals surface area contributed by atoms with Gasteiger partial charge in [-0.3, -0.25) is 4.79 Å². The standard InChI is InChI=1S/C22H30N4O4S/c1-15(2)11-20(26-22(28)24-13-17-9-7-16(3)8-10-17)21(27)25-19-6-4-5-18(12-19)14-31(23,29)30/h4-10,12,15,20H,11,13-14H2,1-3H3,(H,25,27)(H2,23,29,30)(H2,24,26,28). The van der Waals surface area contributed by atoms with Gasteiger partial charge in [0.15, 0.2) is 0 Å². The molecular formula is C22H30N4O4S. The van der Waals surface area contributed by atoms with Gasteiger partial charge in [0, 0.05) is 12.2 Å². The fourth-order valence-electron chi connectivity index (χ4n) is 3.00. The molecule has 2 aromatic carbocycles. The number of rotatable bonds is 9. The highest BCUT2D eigenvalue weighted by Crippen LogP contribution is 2.14. The predicted octanol–water partition coefficient (Wildman–Crippen LogP) is 2.64. The Morgan fingerprint density at radius 3 is 2.32 bits per heavy atom. The number of primary sulfonamides is 1. The van der Waals surface area contributed by atoms with E-state index in [1.807, 2.05) is 45.0 Å². The maximum atomic E-state index is 12.8. The van der Waals surface area contributed by atoms with Gasteiger partial charge in [0.1, 0.15) is 6.04 Å². The molecule has 0 saturated carbocycles. The molecule has 0 heterocycles. The zero-order valence-corrected chi connectivity index (χ0v) is 18.8. The molecule has 0 aromatic heterocycles. The number of carbonyl (C=O) groups is 2. The van der Waals surface area contributed by atoms with Crippen molar-refractivity contribution in [1.29, 1.82) is 0 Å². The molecule has 9 heteroatoms. The van der Waals surface area contributed by atoms with Crippen LogP contribution in [0.2, 0.25) is 0 Å². The second kappa shape index (κ2) is 10.9. The molecule has 2 rings (SSSR count). The van der Waals surface area contributed by atoms with Crippen LogP contribution in [-0.4, -0.2) is 26.4 Å². The van der Waals surface area contributed by atoms with E-state index in [9.17, 15) is 18.0 Å². The summed E-state index contributed by atoms with van der Waals surface area (Å²) in [4.78, 5) is 25.2. The van der Waals surface area contributed by atoms with Crippen molar-refractivity contribution in [3.05, 3.63) is 65.2 Å². The molecule has 0 aliphatic rings. The molecule has 0 bridgehead atoms. The molecule has 2 aromatic rings. The fraction of sp³-hybridized carbons (Fsp3) is 0.364. The summed E-state index contributed by atoms with van der Waals surface area (Å²) in [7, 11) is -3.68. The lowest BCUT2D eigenvalue weighted by molar-refractivity contribution is -0.118. The largest absolute Gasteiger partial charge is 0.334 e. The number of urea groups is 1. The van der Waals surface area contributed by atoms with E-state index in [1.54, 1.807) is 24.3 Å². The number of amides is 3. The summed E-state index contributed by atoms with van der Waals surface area (Å²) in [5.74, 6) is -0.542. The lowest BCUT2D eigenvalue weighted by atomic mass is 10.0. The third-order valence-corrected chi connectivity index (χ3v) is 5.20. The first-order valence-corrected chi connectivity index (χ1v) is 11.7. The third kappa shape index (κ3) is 9.18. The van der Waals surface area contributed by atoms with Gasteiger partial charge >= 0.3 is 6.03 Å². The summed E-state index contributed by atoms with van der Waals surface area (Å²) in [5, 5.41) is 13.3. The van der Waals surface area contributed by atoms with Crippen molar-refractivity contribution in [1.82, 2.24) is 10.6 Å². The van der Waals surface area contributed by atoms with Crippen molar-refractivity contribution in [2.45, 2.75) is 45.5 Å². The number of nitrogens with one attached hydrogen (secondary N) is 3. The summed E-state index contributed by atoms with van der Waals surface area (Å²) >= 11 is 0. The Bertz CT molecular complexity index is 1000. The minimum atomic E-state index is -3.68. The van der Waals surface area contributed by atoms with Crippen molar-refractivity contribution in [2.75, 3.05) is 5.32 Å². The molecule has 0 spiro atoms. The van der Waals surface area contributed by atoms with Gasteiger partial charge in [-0.05, 0) is 42.5 Å². The molecule has 31 heavy (non-hydrogen) atoms. The first-order valence-electron chi connectivity index (χ1n) is 10.0. The van der Waals surface area contributed by atoms with Gasteiger partial charge in [-0.1, -0.05) is 55.8 Å². The molecule has 1 unspecified atom stereocenters. The van der Waals surface area contributed by atoms with E-state index in [2.05, 4.69) is 16.0 Å². The first kappa shape index (κ1) is 24.4. The predicted molar refractivity (Wildman–Crippen MR) is 122 cm³/mol. The molecule has 3 amide bonds. The highest BCUT2D eigenvalue weighted by molar-refractivity contribution is 7.88. The van der Waals surface area contributed by atoms with Crippen LogP contribution >= 0.6 is 0 Å². The van der Waals surface area contributed by atoms with Gasteiger partial charge in [-0.25, -0.2) is 18.4 Å². The number of sulfonamides is 1. The average Bonchev–Trinajstić information content (AvgIpc) is 2.65. The Kier molecular flexibility index (Phi) is 8.58. The molecule has 0 aliphatic heterocycles. The SMILES string of the molecule is Cc1ccc(CNC(=O)NC(CC(C)C)C(=O)Nc2cccc(CS(N)(=O)=O)c2)cc1. The monoisotopic (exact) mass is 446 g/mol. The van der Waals surface area contributed by atoms with Crippen LogP contribution in [-0.2, 0) is 27.1 Å². The third-order valence-electron chi connectivity index (χ3n) is 4.46. The van der Waals surface area contributed by atoms with Gasteiger partial charge in [0.25, 0.3) is 0 Å². The molecule has 0 radical (unpaired) electrons. The van der Waals surface area contributed by atoms with Crippen LogP contribution in [0.3, 0.4) is 0 Å². The maximum absolute atomic E-state index is 12.8. The zero-order chi connectivity index (χ0) is 23.0. The minimum absolute atomic E-state index is 0.168. The van der Waals surface area contributed by atoms with E-state index in [0.29, 0.717) is 24.2 Å². The normalized spacial score (nSPS) is 12.3. The molecule has 5 N–H and O–H groups in total. The number of aryl methyl sites for hydroxylation is 1. The molecule has 1 atom stereocenters. The van der Waals surface area contributed by atoms with Crippen LogP contribution in [0.4, 0.5) is 10.5 Å². The van der Waals surface area contributed by atoms with Crippen molar-refractivity contribution < 1.29 is 18.0 Å². The van der Waals surface area contributed by atoms with E-state index in [4.69, 9.17) is 5.14 Å².